The minimum Gasteiger partial charge on any atom is -0.322 e. The quantitative estimate of drug-likeness (QED) is 0.476. The third-order valence-corrected chi connectivity index (χ3v) is 5.28. The Hall–Kier alpha value is -4.85. The lowest BCUT2D eigenvalue weighted by Gasteiger charge is -2.14. The van der Waals surface area contributed by atoms with E-state index in [1.165, 1.54) is 6.07 Å². The Balaban J connectivity index is 1.33. The molecule has 3 amide bonds. The number of hydrogen-bond acceptors (Lipinski definition) is 5. The SMILES string of the molecule is O=C(Nc1cccc(-c2ccc(=O)[nH]n2)c1)c1ccc(N2C(=O)c3ccccc3C2=O)cc1. The maximum atomic E-state index is 12.7. The van der Waals surface area contributed by atoms with Gasteiger partial charge in [-0.15, -0.1) is 0 Å². The predicted molar refractivity (Wildman–Crippen MR) is 122 cm³/mol. The molecule has 33 heavy (non-hydrogen) atoms. The van der Waals surface area contributed by atoms with Gasteiger partial charge in [-0.25, -0.2) is 10.00 Å². The van der Waals surface area contributed by atoms with Crippen molar-refractivity contribution in [2.24, 2.45) is 0 Å². The van der Waals surface area contributed by atoms with Crippen LogP contribution in [0.15, 0.2) is 89.7 Å². The van der Waals surface area contributed by atoms with Crippen molar-refractivity contribution in [1.29, 1.82) is 0 Å². The highest BCUT2D eigenvalue weighted by atomic mass is 16.2. The number of fused-ring (bicyclic) bond motifs is 1. The van der Waals surface area contributed by atoms with Gasteiger partial charge < -0.3 is 5.32 Å². The zero-order chi connectivity index (χ0) is 22.9. The van der Waals surface area contributed by atoms with E-state index in [0.29, 0.717) is 33.8 Å². The lowest BCUT2D eigenvalue weighted by atomic mass is 10.1. The smallest absolute Gasteiger partial charge is 0.266 e. The molecule has 5 rings (SSSR count). The van der Waals surface area contributed by atoms with Crippen molar-refractivity contribution in [3.8, 4) is 11.3 Å². The van der Waals surface area contributed by atoms with E-state index in [4.69, 9.17) is 0 Å². The molecule has 8 nitrogen and oxygen atoms in total. The summed E-state index contributed by atoms with van der Waals surface area (Å²) in [6.07, 6.45) is 0. The van der Waals surface area contributed by atoms with Gasteiger partial charge in [0.1, 0.15) is 0 Å². The van der Waals surface area contributed by atoms with Crippen LogP contribution >= 0.6 is 0 Å². The molecular formula is C25H16N4O4. The molecular weight excluding hydrogens is 420 g/mol. The molecule has 0 spiro atoms. The Morgan fingerprint density at radius 2 is 1.48 bits per heavy atom. The van der Waals surface area contributed by atoms with Crippen LogP contribution in [0.2, 0.25) is 0 Å². The zero-order valence-electron chi connectivity index (χ0n) is 17.1. The van der Waals surface area contributed by atoms with Crippen LogP contribution in [-0.2, 0) is 0 Å². The number of carbonyl (C=O) groups is 3. The number of nitrogens with one attached hydrogen (secondary N) is 2. The fraction of sp³-hybridized carbons (Fsp3) is 0. The number of H-pyrrole nitrogens is 1. The summed E-state index contributed by atoms with van der Waals surface area (Å²) in [7, 11) is 0. The molecule has 4 aromatic rings. The number of nitrogens with zero attached hydrogens (tertiary/aromatic N) is 2. The Morgan fingerprint density at radius 3 is 2.12 bits per heavy atom. The van der Waals surface area contributed by atoms with Gasteiger partial charge in [0, 0.05) is 22.9 Å². The standard InChI is InChI=1S/C25H16N4O4/c30-22-13-12-21(27-28-22)16-4-3-5-17(14-16)26-23(31)15-8-10-18(11-9-15)29-24(32)19-6-1-2-7-20(19)25(29)33/h1-14H,(H,26,31)(H,28,30). The number of anilines is 2. The van der Waals surface area contributed by atoms with Gasteiger partial charge in [0.05, 0.1) is 22.5 Å². The highest BCUT2D eigenvalue weighted by Gasteiger charge is 2.36. The fourth-order valence-corrected chi connectivity index (χ4v) is 3.65. The number of rotatable bonds is 4. The summed E-state index contributed by atoms with van der Waals surface area (Å²) < 4.78 is 0. The molecule has 0 unspecified atom stereocenters. The van der Waals surface area contributed by atoms with E-state index in [1.54, 1.807) is 72.8 Å². The molecule has 3 aromatic carbocycles. The van der Waals surface area contributed by atoms with Crippen molar-refractivity contribution >= 4 is 29.1 Å². The maximum absolute atomic E-state index is 12.7. The van der Waals surface area contributed by atoms with Crippen LogP contribution in [0.1, 0.15) is 31.1 Å². The van der Waals surface area contributed by atoms with Crippen LogP contribution in [0.5, 0.6) is 0 Å². The molecule has 160 valence electrons. The highest BCUT2D eigenvalue weighted by Crippen LogP contribution is 2.28. The van der Waals surface area contributed by atoms with Crippen molar-refractivity contribution in [3.05, 3.63) is 112 Å². The first kappa shape index (κ1) is 20.1. The Labute approximate surface area is 187 Å². The molecule has 8 heteroatoms. The molecule has 0 saturated carbocycles. The number of hydrogen-bond donors (Lipinski definition) is 2. The molecule has 0 atom stereocenters. The van der Waals surface area contributed by atoms with E-state index in [2.05, 4.69) is 15.5 Å². The summed E-state index contributed by atoms with van der Waals surface area (Å²) in [4.78, 5) is 50.3. The highest BCUT2D eigenvalue weighted by molar-refractivity contribution is 6.34. The van der Waals surface area contributed by atoms with Gasteiger partial charge in [0.25, 0.3) is 23.3 Å². The third kappa shape index (κ3) is 3.70. The van der Waals surface area contributed by atoms with Crippen LogP contribution in [0.3, 0.4) is 0 Å². The summed E-state index contributed by atoms with van der Waals surface area (Å²) in [6, 6.07) is 22.9. The van der Waals surface area contributed by atoms with E-state index in [1.807, 2.05) is 6.07 Å². The van der Waals surface area contributed by atoms with Gasteiger partial charge in [-0.2, -0.15) is 5.10 Å². The average Bonchev–Trinajstić information content (AvgIpc) is 3.10. The molecule has 0 radical (unpaired) electrons. The van der Waals surface area contributed by atoms with Gasteiger partial charge in [0.2, 0.25) is 0 Å². The second kappa shape index (κ2) is 8.01. The van der Waals surface area contributed by atoms with Crippen LogP contribution in [0.25, 0.3) is 11.3 Å². The van der Waals surface area contributed by atoms with Gasteiger partial charge in [-0.05, 0) is 54.6 Å². The van der Waals surface area contributed by atoms with Gasteiger partial charge in [-0.1, -0.05) is 24.3 Å². The number of imide groups is 1. The number of aromatic nitrogens is 2. The summed E-state index contributed by atoms with van der Waals surface area (Å²) in [5.41, 5.74) is 3.03. The van der Waals surface area contributed by atoms with E-state index in [0.717, 1.165) is 10.5 Å². The molecule has 1 aliphatic rings. The van der Waals surface area contributed by atoms with Crippen molar-refractivity contribution in [2.75, 3.05) is 10.2 Å². The number of amides is 3. The van der Waals surface area contributed by atoms with E-state index in [-0.39, 0.29) is 23.3 Å². The maximum Gasteiger partial charge on any atom is 0.266 e. The van der Waals surface area contributed by atoms with Crippen molar-refractivity contribution in [2.45, 2.75) is 0 Å². The van der Waals surface area contributed by atoms with Crippen LogP contribution in [0.4, 0.5) is 11.4 Å². The first-order valence-corrected chi connectivity index (χ1v) is 10.1. The van der Waals surface area contributed by atoms with Crippen LogP contribution in [-0.4, -0.2) is 27.9 Å². The Kier molecular flexibility index (Phi) is 4.87. The van der Waals surface area contributed by atoms with E-state index in [9.17, 15) is 19.2 Å². The number of aromatic amines is 1. The molecule has 0 bridgehead atoms. The average molecular weight is 436 g/mol. The summed E-state index contributed by atoms with van der Waals surface area (Å²) in [6.45, 7) is 0. The molecule has 0 aliphatic carbocycles. The number of carbonyl (C=O) groups excluding carboxylic acids is 3. The second-order valence-corrected chi connectivity index (χ2v) is 7.38. The van der Waals surface area contributed by atoms with E-state index < -0.39 is 0 Å². The molecule has 2 N–H and O–H groups in total. The first-order valence-electron chi connectivity index (χ1n) is 10.1. The van der Waals surface area contributed by atoms with Gasteiger partial charge in [0.15, 0.2) is 0 Å². The molecule has 2 heterocycles. The van der Waals surface area contributed by atoms with Gasteiger partial charge >= 0.3 is 0 Å². The Morgan fingerprint density at radius 1 is 0.788 bits per heavy atom. The van der Waals surface area contributed by atoms with Gasteiger partial charge in [-0.3, -0.25) is 19.2 Å². The molecule has 0 fully saturated rings. The van der Waals surface area contributed by atoms with Crippen LogP contribution < -0.4 is 15.8 Å². The normalized spacial score (nSPS) is 12.5. The summed E-state index contributed by atoms with van der Waals surface area (Å²) >= 11 is 0. The Bertz CT molecular complexity index is 1420. The summed E-state index contributed by atoms with van der Waals surface area (Å²) in [5, 5.41) is 9.19. The topological polar surface area (TPSA) is 112 Å². The minimum atomic E-state index is -0.388. The van der Waals surface area contributed by atoms with Crippen molar-refractivity contribution in [3.63, 3.8) is 0 Å². The third-order valence-electron chi connectivity index (χ3n) is 5.28. The first-order chi connectivity index (χ1) is 16.0. The summed E-state index contributed by atoms with van der Waals surface area (Å²) in [5.74, 6) is -1.13. The van der Waals surface area contributed by atoms with Crippen molar-refractivity contribution in [1.82, 2.24) is 10.2 Å². The largest absolute Gasteiger partial charge is 0.322 e. The van der Waals surface area contributed by atoms with Crippen LogP contribution in [0, 0.1) is 0 Å². The molecule has 1 aromatic heterocycles. The monoisotopic (exact) mass is 436 g/mol. The molecule has 1 aliphatic heterocycles. The lowest BCUT2D eigenvalue weighted by Crippen LogP contribution is -2.29. The molecule has 0 saturated heterocycles. The minimum absolute atomic E-state index is 0.298. The fourth-order valence-electron chi connectivity index (χ4n) is 3.65. The zero-order valence-corrected chi connectivity index (χ0v) is 17.1. The second-order valence-electron chi connectivity index (χ2n) is 7.38. The van der Waals surface area contributed by atoms with E-state index >= 15 is 0 Å². The van der Waals surface area contributed by atoms with Crippen molar-refractivity contribution < 1.29 is 14.4 Å². The number of benzene rings is 3. The lowest BCUT2D eigenvalue weighted by molar-refractivity contribution is 0.0925. The predicted octanol–water partition coefficient (Wildman–Crippen LogP) is 3.49.